The second-order valence-corrected chi connectivity index (χ2v) is 13.1. The predicted octanol–water partition coefficient (Wildman–Crippen LogP) is 8.68. The highest BCUT2D eigenvalue weighted by Gasteiger charge is 2.59. The molecule has 0 aromatic heterocycles. The first-order valence-electron chi connectivity index (χ1n) is 12.6. The van der Waals surface area contributed by atoms with Crippen molar-refractivity contribution in [2.45, 2.75) is 104 Å². The molecule has 1 heteroatoms. The van der Waals surface area contributed by atoms with Crippen molar-refractivity contribution >= 4 is 11.8 Å². The van der Waals surface area contributed by atoms with Gasteiger partial charge in [0.1, 0.15) is 0 Å². The zero-order chi connectivity index (χ0) is 20.8. The number of rotatable bonds is 5. The number of fused-ring (bicyclic) bond motifs is 5. The molecule has 3 saturated carbocycles. The number of hydrogen-bond donors (Lipinski definition) is 0. The summed E-state index contributed by atoms with van der Waals surface area (Å²) in [6, 6.07) is 0. The predicted molar refractivity (Wildman–Crippen MR) is 130 cm³/mol. The summed E-state index contributed by atoms with van der Waals surface area (Å²) in [5, 5.41) is 0.886. The Morgan fingerprint density at radius 3 is 2.66 bits per heavy atom. The van der Waals surface area contributed by atoms with E-state index in [0.717, 1.165) is 34.8 Å². The van der Waals surface area contributed by atoms with Gasteiger partial charge in [0, 0.05) is 5.25 Å². The summed E-state index contributed by atoms with van der Waals surface area (Å²) in [5.74, 6) is 4.79. The van der Waals surface area contributed by atoms with Crippen molar-refractivity contribution in [3.63, 3.8) is 0 Å². The second-order valence-electron chi connectivity index (χ2n) is 11.9. The molecule has 8 unspecified atom stereocenters. The van der Waals surface area contributed by atoms with Crippen LogP contribution in [0.3, 0.4) is 0 Å². The van der Waals surface area contributed by atoms with E-state index in [2.05, 4.69) is 64.8 Å². The fraction of sp³-hybridized carbons (Fsp3) is 0.857. The smallest absolute Gasteiger partial charge is 0.00819 e. The third-order valence-corrected chi connectivity index (χ3v) is 11.4. The summed E-state index contributed by atoms with van der Waals surface area (Å²) in [5.41, 5.74) is 4.49. The van der Waals surface area contributed by atoms with Gasteiger partial charge in [0.2, 0.25) is 0 Å². The summed E-state index contributed by atoms with van der Waals surface area (Å²) in [6.45, 7) is 12.5. The summed E-state index contributed by atoms with van der Waals surface area (Å²) in [6.07, 6.45) is 21.9. The molecule has 0 amide bonds. The Hall–Kier alpha value is -0.170. The van der Waals surface area contributed by atoms with Gasteiger partial charge in [0.05, 0.1) is 0 Å². The van der Waals surface area contributed by atoms with Gasteiger partial charge in [0.15, 0.2) is 0 Å². The molecule has 0 nitrogen and oxygen atoms in total. The van der Waals surface area contributed by atoms with Gasteiger partial charge in [-0.25, -0.2) is 0 Å². The van der Waals surface area contributed by atoms with Crippen LogP contribution in [0.15, 0.2) is 23.3 Å². The lowest BCUT2D eigenvalue weighted by Gasteiger charge is -2.58. The Labute approximate surface area is 185 Å². The first kappa shape index (κ1) is 22.0. The van der Waals surface area contributed by atoms with Gasteiger partial charge in [-0.3, -0.25) is 0 Å². The van der Waals surface area contributed by atoms with Gasteiger partial charge in [-0.15, -0.1) is 0 Å². The van der Waals surface area contributed by atoms with Crippen LogP contribution in [-0.2, 0) is 0 Å². The van der Waals surface area contributed by atoms with Crippen LogP contribution in [0.2, 0.25) is 0 Å². The van der Waals surface area contributed by atoms with Crippen molar-refractivity contribution in [2.75, 3.05) is 6.26 Å². The van der Waals surface area contributed by atoms with Crippen LogP contribution in [0.1, 0.15) is 98.8 Å². The number of allylic oxidation sites excluding steroid dienone is 4. The van der Waals surface area contributed by atoms with E-state index in [9.17, 15) is 0 Å². The molecule has 0 spiro atoms. The molecule has 0 saturated heterocycles. The van der Waals surface area contributed by atoms with Gasteiger partial charge in [-0.2, -0.15) is 11.8 Å². The monoisotopic (exact) mass is 414 g/mol. The largest absolute Gasteiger partial charge is 0.162 e. The average Bonchev–Trinajstić information content (AvgIpc) is 3.04. The average molecular weight is 415 g/mol. The third-order valence-electron chi connectivity index (χ3n) is 10.3. The Kier molecular flexibility index (Phi) is 6.39. The Morgan fingerprint density at radius 1 is 1.14 bits per heavy atom. The molecule has 0 aromatic rings. The van der Waals surface area contributed by atoms with Crippen LogP contribution in [0.4, 0.5) is 0 Å². The molecule has 0 N–H and O–H groups in total. The minimum Gasteiger partial charge on any atom is -0.162 e. The molecule has 29 heavy (non-hydrogen) atoms. The van der Waals surface area contributed by atoms with Gasteiger partial charge < -0.3 is 0 Å². The molecule has 8 atom stereocenters. The van der Waals surface area contributed by atoms with Crippen LogP contribution in [0.25, 0.3) is 0 Å². The lowest BCUT2D eigenvalue weighted by Crippen LogP contribution is -2.50. The van der Waals surface area contributed by atoms with Crippen molar-refractivity contribution in [2.24, 2.45) is 40.4 Å². The molecular weight excluding hydrogens is 368 g/mol. The SMILES string of the molecule is CSC1CCC2(C)C(=CCC3C2CCC2(C)C(C(C)CCC=C(C)C)CCC32)C1. The van der Waals surface area contributed by atoms with Crippen molar-refractivity contribution in [1.82, 2.24) is 0 Å². The zero-order valence-electron chi connectivity index (χ0n) is 20.1. The maximum atomic E-state index is 2.75. The van der Waals surface area contributed by atoms with Gasteiger partial charge in [0.25, 0.3) is 0 Å². The Morgan fingerprint density at radius 2 is 1.93 bits per heavy atom. The van der Waals surface area contributed by atoms with Gasteiger partial charge in [-0.1, -0.05) is 44.1 Å². The highest BCUT2D eigenvalue weighted by molar-refractivity contribution is 7.99. The fourth-order valence-electron chi connectivity index (χ4n) is 8.64. The van der Waals surface area contributed by atoms with Crippen molar-refractivity contribution in [3.05, 3.63) is 23.3 Å². The molecular formula is C28H46S. The van der Waals surface area contributed by atoms with E-state index >= 15 is 0 Å². The van der Waals surface area contributed by atoms with Crippen molar-refractivity contribution < 1.29 is 0 Å². The molecule has 4 aliphatic rings. The van der Waals surface area contributed by atoms with Crippen LogP contribution in [0.5, 0.6) is 0 Å². The zero-order valence-corrected chi connectivity index (χ0v) is 20.9. The fourth-order valence-corrected chi connectivity index (χ4v) is 9.34. The quantitative estimate of drug-likeness (QED) is 0.405. The second kappa shape index (κ2) is 8.40. The number of thioether (sulfide) groups is 1. The normalized spacial score (nSPS) is 44.9. The molecule has 164 valence electrons. The van der Waals surface area contributed by atoms with E-state index in [1.165, 1.54) is 69.8 Å². The summed E-state index contributed by atoms with van der Waals surface area (Å²) >= 11 is 2.11. The Balaban J connectivity index is 1.50. The summed E-state index contributed by atoms with van der Waals surface area (Å²) in [7, 11) is 0. The van der Waals surface area contributed by atoms with Crippen molar-refractivity contribution in [3.8, 4) is 0 Å². The molecule has 4 rings (SSSR count). The molecule has 0 bridgehead atoms. The van der Waals surface area contributed by atoms with E-state index < -0.39 is 0 Å². The van der Waals surface area contributed by atoms with E-state index in [1.807, 2.05) is 5.57 Å². The first-order valence-corrected chi connectivity index (χ1v) is 13.9. The minimum atomic E-state index is 0.531. The molecule has 3 fully saturated rings. The van der Waals surface area contributed by atoms with E-state index in [4.69, 9.17) is 0 Å². The van der Waals surface area contributed by atoms with Crippen molar-refractivity contribution in [1.29, 1.82) is 0 Å². The van der Waals surface area contributed by atoms with Crippen LogP contribution in [-0.4, -0.2) is 11.5 Å². The summed E-state index contributed by atoms with van der Waals surface area (Å²) in [4.78, 5) is 0. The highest BCUT2D eigenvalue weighted by Crippen LogP contribution is 2.67. The maximum absolute atomic E-state index is 2.75. The standard InChI is InChI=1S/C28H46S/c1-19(2)8-7-9-20(3)24-12-13-25-23-11-10-21-18-22(29-6)14-16-27(21,4)26(23)15-17-28(24,25)5/h8,10,20,22-26H,7,9,11-18H2,1-6H3. The van der Waals surface area contributed by atoms with Gasteiger partial charge >= 0.3 is 0 Å². The topological polar surface area (TPSA) is 0 Å². The molecule has 0 heterocycles. The third kappa shape index (κ3) is 3.81. The van der Waals surface area contributed by atoms with Gasteiger partial charge in [-0.05, 0) is 125 Å². The van der Waals surface area contributed by atoms with Crippen LogP contribution < -0.4 is 0 Å². The molecule has 4 aliphatic carbocycles. The first-order chi connectivity index (χ1) is 13.8. The summed E-state index contributed by atoms with van der Waals surface area (Å²) < 4.78 is 0. The lowest BCUT2D eigenvalue weighted by molar-refractivity contribution is -0.0495. The maximum Gasteiger partial charge on any atom is 0.00819 e. The van der Waals surface area contributed by atoms with Crippen LogP contribution in [0, 0.1) is 40.4 Å². The molecule has 0 aliphatic heterocycles. The number of hydrogen-bond acceptors (Lipinski definition) is 1. The minimum absolute atomic E-state index is 0.531. The molecule has 0 aromatic carbocycles. The lowest BCUT2D eigenvalue weighted by atomic mass is 9.47. The van der Waals surface area contributed by atoms with Crippen LogP contribution >= 0.6 is 11.8 Å². The Bertz CT molecular complexity index is 655. The van der Waals surface area contributed by atoms with E-state index in [0.29, 0.717) is 10.8 Å². The van der Waals surface area contributed by atoms with E-state index in [1.54, 1.807) is 0 Å². The highest BCUT2D eigenvalue weighted by atomic mass is 32.2. The molecule has 0 radical (unpaired) electrons. The van der Waals surface area contributed by atoms with E-state index in [-0.39, 0.29) is 0 Å².